The Morgan fingerprint density at radius 2 is 2.29 bits per heavy atom. The van der Waals surface area contributed by atoms with Crippen molar-refractivity contribution in [3.8, 4) is 5.75 Å². The average Bonchev–Trinajstić information content (AvgIpc) is 2.38. The summed E-state index contributed by atoms with van der Waals surface area (Å²) in [4.78, 5) is 0. The van der Waals surface area contributed by atoms with Crippen LogP contribution in [0.5, 0.6) is 5.75 Å². The van der Waals surface area contributed by atoms with Crippen LogP contribution in [0, 0.1) is 11.7 Å². The van der Waals surface area contributed by atoms with Gasteiger partial charge in [-0.05, 0) is 49.0 Å². The molecule has 1 aromatic carbocycles. The van der Waals surface area contributed by atoms with Crippen LogP contribution in [-0.4, -0.2) is 20.2 Å². The highest BCUT2D eigenvalue weighted by molar-refractivity contribution is 5.32. The highest BCUT2D eigenvalue weighted by Gasteiger charge is 2.25. The molecule has 1 heterocycles. The van der Waals surface area contributed by atoms with Gasteiger partial charge < -0.3 is 10.1 Å². The van der Waals surface area contributed by atoms with E-state index in [1.54, 1.807) is 12.1 Å². The van der Waals surface area contributed by atoms with E-state index in [-0.39, 0.29) is 5.82 Å². The molecule has 0 radical (unpaired) electrons. The predicted octanol–water partition coefficient (Wildman–Crippen LogP) is 2.94. The maximum Gasteiger partial charge on any atom is 0.165 e. The molecular weight excluding hydrogens is 217 g/mol. The zero-order chi connectivity index (χ0) is 12.3. The molecule has 1 aliphatic heterocycles. The fraction of sp³-hybridized carbons (Fsp3) is 0.571. The zero-order valence-electron chi connectivity index (χ0n) is 10.5. The first-order valence-electron chi connectivity index (χ1n) is 6.30. The first-order valence-corrected chi connectivity index (χ1v) is 6.30. The van der Waals surface area contributed by atoms with Crippen molar-refractivity contribution in [1.29, 1.82) is 0 Å². The normalized spacial score (nSPS) is 24.6. The average molecular weight is 237 g/mol. The molecule has 2 unspecified atom stereocenters. The van der Waals surface area contributed by atoms with Crippen molar-refractivity contribution in [3.05, 3.63) is 29.6 Å². The number of ether oxygens (including phenoxy) is 1. The van der Waals surface area contributed by atoms with Crippen LogP contribution in [0.1, 0.15) is 31.2 Å². The largest absolute Gasteiger partial charge is 0.494 e. The SMILES string of the molecule is CCC1CNCCC1c1ccc(OC)c(F)c1. The number of hydrogen-bond donors (Lipinski definition) is 1. The third kappa shape index (κ3) is 2.60. The molecule has 0 saturated carbocycles. The molecule has 1 saturated heterocycles. The van der Waals surface area contributed by atoms with E-state index in [1.807, 2.05) is 6.07 Å². The van der Waals surface area contributed by atoms with Gasteiger partial charge >= 0.3 is 0 Å². The maximum absolute atomic E-state index is 13.7. The lowest BCUT2D eigenvalue weighted by Gasteiger charge is -2.32. The molecule has 2 rings (SSSR count). The zero-order valence-corrected chi connectivity index (χ0v) is 10.5. The molecule has 1 fully saturated rings. The molecule has 0 spiro atoms. The molecule has 1 aliphatic rings. The van der Waals surface area contributed by atoms with Crippen LogP contribution < -0.4 is 10.1 Å². The predicted molar refractivity (Wildman–Crippen MR) is 67.0 cm³/mol. The Balaban J connectivity index is 2.23. The summed E-state index contributed by atoms with van der Waals surface area (Å²) in [5, 5.41) is 3.40. The summed E-state index contributed by atoms with van der Waals surface area (Å²) in [6.45, 7) is 4.26. The van der Waals surface area contributed by atoms with Gasteiger partial charge in [-0.2, -0.15) is 0 Å². The van der Waals surface area contributed by atoms with Crippen molar-refractivity contribution in [2.24, 2.45) is 5.92 Å². The number of nitrogens with one attached hydrogen (secondary N) is 1. The third-order valence-electron chi connectivity index (χ3n) is 3.74. The topological polar surface area (TPSA) is 21.3 Å². The molecule has 1 aromatic rings. The highest BCUT2D eigenvalue weighted by atomic mass is 19.1. The molecule has 2 nitrogen and oxygen atoms in total. The minimum absolute atomic E-state index is 0.251. The fourth-order valence-corrected chi connectivity index (χ4v) is 2.70. The van der Waals surface area contributed by atoms with Gasteiger partial charge in [0.15, 0.2) is 11.6 Å². The number of hydrogen-bond acceptors (Lipinski definition) is 2. The van der Waals surface area contributed by atoms with Crippen LogP contribution in [0.15, 0.2) is 18.2 Å². The van der Waals surface area contributed by atoms with Gasteiger partial charge in [0.05, 0.1) is 7.11 Å². The number of rotatable bonds is 3. The minimum atomic E-state index is -0.251. The quantitative estimate of drug-likeness (QED) is 0.872. The standard InChI is InChI=1S/C14H20FNO/c1-3-10-9-16-7-6-12(10)11-4-5-14(17-2)13(15)8-11/h4-5,8,10,12,16H,3,6-7,9H2,1-2H3. The van der Waals surface area contributed by atoms with Gasteiger partial charge in [-0.25, -0.2) is 4.39 Å². The van der Waals surface area contributed by atoms with Crippen molar-refractivity contribution in [1.82, 2.24) is 5.32 Å². The number of methoxy groups -OCH3 is 1. The van der Waals surface area contributed by atoms with Gasteiger partial charge in [0.25, 0.3) is 0 Å². The van der Waals surface area contributed by atoms with Crippen molar-refractivity contribution >= 4 is 0 Å². The van der Waals surface area contributed by atoms with Crippen molar-refractivity contribution < 1.29 is 9.13 Å². The second kappa shape index (κ2) is 5.50. The maximum atomic E-state index is 13.7. The number of halogens is 1. The van der Waals surface area contributed by atoms with Crippen LogP contribution >= 0.6 is 0 Å². The summed E-state index contributed by atoms with van der Waals surface area (Å²) in [6.07, 6.45) is 2.22. The Hall–Kier alpha value is -1.09. The summed E-state index contributed by atoms with van der Waals surface area (Å²) in [7, 11) is 1.50. The van der Waals surface area contributed by atoms with E-state index in [0.717, 1.165) is 31.5 Å². The second-order valence-electron chi connectivity index (χ2n) is 4.66. The molecule has 0 aromatic heterocycles. The van der Waals surface area contributed by atoms with E-state index in [0.29, 0.717) is 17.6 Å². The smallest absolute Gasteiger partial charge is 0.165 e. The van der Waals surface area contributed by atoms with Crippen LogP contribution in [-0.2, 0) is 0 Å². The van der Waals surface area contributed by atoms with Crippen LogP contribution in [0.25, 0.3) is 0 Å². The highest BCUT2D eigenvalue weighted by Crippen LogP contribution is 2.33. The van der Waals surface area contributed by atoms with Crippen LogP contribution in [0.3, 0.4) is 0 Å². The van der Waals surface area contributed by atoms with E-state index < -0.39 is 0 Å². The summed E-state index contributed by atoms with van der Waals surface area (Å²) >= 11 is 0. The van der Waals surface area contributed by atoms with Gasteiger partial charge in [-0.15, -0.1) is 0 Å². The molecule has 0 bridgehead atoms. The van der Waals surface area contributed by atoms with Gasteiger partial charge in [0.1, 0.15) is 0 Å². The van der Waals surface area contributed by atoms with E-state index >= 15 is 0 Å². The van der Waals surface area contributed by atoms with Crippen LogP contribution in [0.2, 0.25) is 0 Å². The Bertz CT molecular complexity index is 380. The summed E-state index contributed by atoms with van der Waals surface area (Å²) in [5.41, 5.74) is 1.11. The third-order valence-corrected chi connectivity index (χ3v) is 3.74. The molecular formula is C14H20FNO. The van der Waals surface area contributed by atoms with E-state index in [4.69, 9.17) is 4.74 Å². The molecule has 2 atom stereocenters. The number of piperidine rings is 1. The number of benzene rings is 1. The molecule has 3 heteroatoms. The minimum Gasteiger partial charge on any atom is -0.494 e. The lowest BCUT2D eigenvalue weighted by atomic mass is 9.80. The summed E-state index contributed by atoms with van der Waals surface area (Å²) in [5.74, 6) is 1.16. The summed E-state index contributed by atoms with van der Waals surface area (Å²) < 4.78 is 18.6. The van der Waals surface area contributed by atoms with Gasteiger partial charge in [-0.1, -0.05) is 19.4 Å². The molecule has 94 valence electrons. The van der Waals surface area contributed by atoms with E-state index in [9.17, 15) is 4.39 Å². The van der Waals surface area contributed by atoms with E-state index in [1.165, 1.54) is 7.11 Å². The molecule has 0 aliphatic carbocycles. The second-order valence-corrected chi connectivity index (χ2v) is 4.66. The van der Waals surface area contributed by atoms with Gasteiger partial charge in [0.2, 0.25) is 0 Å². The van der Waals surface area contributed by atoms with Gasteiger partial charge in [0, 0.05) is 0 Å². The van der Waals surface area contributed by atoms with Gasteiger partial charge in [-0.3, -0.25) is 0 Å². The Labute approximate surface area is 102 Å². The van der Waals surface area contributed by atoms with Crippen molar-refractivity contribution in [3.63, 3.8) is 0 Å². The Morgan fingerprint density at radius 1 is 1.47 bits per heavy atom. The lowest BCUT2D eigenvalue weighted by Crippen LogP contribution is -2.35. The lowest BCUT2D eigenvalue weighted by molar-refractivity contribution is 0.316. The molecule has 0 amide bonds. The van der Waals surface area contributed by atoms with Crippen LogP contribution in [0.4, 0.5) is 4.39 Å². The summed E-state index contributed by atoms with van der Waals surface area (Å²) in [6, 6.07) is 5.37. The van der Waals surface area contributed by atoms with E-state index in [2.05, 4.69) is 12.2 Å². The molecule has 17 heavy (non-hydrogen) atoms. The molecule has 1 N–H and O–H groups in total. The van der Waals surface area contributed by atoms with Crippen molar-refractivity contribution in [2.75, 3.05) is 20.2 Å². The first kappa shape index (κ1) is 12.4. The Kier molecular flexibility index (Phi) is 4.00. The Morgan fingerprint density at radius 3 is 2.94 bits per heavy atom. The monoisotopic (exact) mass is 237 g/mol. The first-order chi connectivity index (χ1) is 8.26. The van der Waals surface area contributed by atoms with Crippen molar-refractivity contribution in [2.45, 2.75) is 25.7 Å². The fourth-order valence-electron chi connectivity index (χ4n) is 2.70.